The first-order chi connectivity index (χ1) is 8.11. The van der Waals surface area contributed by atoms with E-state index in [1.165, 1.54) is 3.11 Å². The quantitative estimate of drug-likeness (QED) is 0.368. The Morgan fingerprint density at radius 3 is 2.94 bits per heavy atom. The lowest BCUT2D eigenvalue weighted by Gasteiger charge is -2.09. The standard InChI is InChI=1S/C11H11IN2O3/c1-14(12)11(15)17-8-4-2-7-3-5-10(13-16)9(7)6-8/h2,4,6,16H,3,5H2,1H3/b13-10-. The number of aryl methyl sites for hydroxylation is 1. The minimum absolute atomic E-state index is 0.439. The van der Waals surface area contributed by atoms with Crippen LogP contribution in [0.25, 0.3) is 0 Å². The molecule has 1 aromatic carbocycles. The summed E-state index contributed by atoms with van der Waals surface area (Å²) in [6.45, 7) is 0. The number of amides is 1. The molecule has 0 fully saturated rings. The molecule has 0 unspecified atom stereocenters. The number of benzene rings is 1. The fourth-order valence-corrected chi connectivity index (χ4v) is 1.86. The number of rotatable bonds is 1. The van der Waals surface area contributed by atoms with Crippen LogP contribution in [-0.4, -0.2) is 27.2 Å². The Balaban J connectivity index is 2.25. The molecule has 0 saturated heterocycles. The molecule has 1 aromatic rings. The number of fused-ring (bicyclic) bond motifs is 1. The van der Waals surface area contributed by atoms with E-state index < -0.39 is 6.09 Å². The minimum atomic E-state index is -0.439. The van der Waals surface area contributed by atoms with Crippen molar-refractivity contribution in [2.24, 2.45) is 5.16 Å². The summed E-state index contributed by atoms with van der Waals surface area (Å²) in [5.41, 5.74) is 2.61. The van der Waals surface area contributed by atoms with Gasteiger partial charge in [-0.3, -0.25) is 3.11 Å². The zero-order chi connectivity index (χ0) is 12.4. The zero-order valence-electron chi connectivity index (χ0n) is 9.18. The second-order valence-electron chi connectivity index (χ2n) is 3.71. The van der Waals surface area contributed by atoms with Gasteiger partial charge in [0, 0.05) is 12.6 Å². The van der Waals surface area contributed by atoms with E-state index in [9.17, 15) is 4.79 Å². The van der Waals surface area contributed by atoms with E-state index >= 15 is 0 Å². The van der Waals surface area contributed by atoms with Crippen LogP contribution < -0.4 is 4.74 Å². The number of carbonyl (C=O) groups excluding carboxylic acids is 1. The summed E-state index contributed by atoms with van der Waals surface area (Å²) in [5.74, 6) is 0.459. The van der Waals surface area contributed by atoms with Crippen molar-refractivity contribution in [3.8, 4) is 5.75 Å². The molecule has 17 heavy (non-hydrogen) atoms. The van der Waals surface area contributed by atoms with Crippen molar-refractivity contribution in [2.75, 3.05) is 7.05 Å². The van der Waals surface area contributed by atoms with Gasteiger partial charge in [-0.25, -0.2) is 4.79 Å². The summed E-state index contributed by atoms with van der Waals surface area (Å²) in [4.78, 5) is 11.4. The fraction of sp³-hybridized carbons (Fsp3) is 0.273. The molecule has 0 radical (unpaired) electrons. The second-order valence-corrected chi connectivity index (χ2v) is 5.16. The van der Waals surface area contributed by atoms with Crippen molar-refractivity contribution >= 4 is 34.7 Å². The van der Waals surface area contributed by atoms with Gasteiger partial charge in [0.15, 0.2) is 0 Å². The smallest absolute Gasteiger partial charge is 0.411 e. The van der Waals surface area contributed by atoms with E-state index in [0.29, 0.717) is 11.5 Å². The maximum Gasteiger partial charge on any atom is 0.423 e. The number of ether oxygens (including phenoxy) is 1. The maximum absolute atomic E-state index is 11.4. The van der Waals surface area contributed by atoms with Crippen molar-refractivity contribution in [2.45, 2.75) is 12.8 Å². The first-order valence-electron chi connectivity index (χ1n) is 5.07. The van der Waals surface area contributed by atoms with Gasteiger partial charge in [-0.15, -0.1) is 0 Å². The lowest BCUT2D eigenvalue weighted by molar-refractivity contribution is 0.190. The molecule has 0 heterocycles. The van der Waals surface area contributed by atoms with E-state index in [0.717, 1.165) is 24.0 Å². The highest BCUT2D eigenvalue weighted by Crippen LogP contribution is 2.27. The molecule has 5 nitrogen and oxygen atoms in total. The third-order valence-electron chi connectivity index (χ3n) is 2.60. The fourth-order valence-electron chi connectivity index (χ4n) is 1.76. The Morgan fingerprint density at radius 1 is 1.53 bits per heavy atom. The monoisotopic (exact) mass is 346 g/mol. The van der Waals surface area contributed by atoms with Crippen molar-refractivity contribution in [3.63, 3.8) is 0 Å². The third-order valence-corrected chi connectivity index (χ3v) is 2.99. The van der Waals surface area contributed by atoms with Crippen LogP contribution in [0.5, 0.6) is 5.75 Å². The van der Waals surface area contributed by atoms with Crippen LogP contribution in [0.3, 0.4) is 0 Å². The van der Waals surface area contributed by atoms with Crippen LogP contribution in [0.2, 0.25) is 0 Å². The van der Waals surface area contributed by atoms with Crippen molar-refractivity contribution in [1.82, 2.24) is 3.11 Å². The van der Waals surface area contributed by atoms with Crippen LogP contribution in [0.1, 0.15) is 17.5 Å². The number of carbonyl (C=O) groups is 1. The summed E-state index contributed by atoms with van der Waals surface area (Å²) in [6, 6.07) is 5.37. The van der Waals surface area contributed by atoms with E-state index in [1.807, 2.05) is 28.9 Å². The van der Waals surface area contributed by atoms with Gasteiger partial charge < -0.3 is 9.94 Å². The van der Waals surface area contributed by atoms with Gasteiger partial charge in [-0.2, -0.15) is 0 Å². The molecule has 0 atom stereocenters. The molecule has 0 saturated carbocycles. The molecule has 90 valence electrons. The van der Waals surface area contributed by atoms with Crippen LogP contribution in [-0.2, 0) is 6.42 Å². The Bertz CT molecular complexity index is 486. The Hall–Kier alpha value is -1.31. The highest BCUT2D eigenvalue weighted by Gasteiger charge is 2.19. The molecule has 0 aliphatic heterocycles. The van der Waals surface area contributed by atoms with Crippen molar-refractivity contribution in [1.29, 1.82) is 0 Å². The average Bonchev–Trinajstić information content (AvgIpc) is 2.71. The van der Waals surface area contributed by atoms with Gasteiger partial charge in [0.1, 0.15) is 5.75 Å². The van der Waals surface area contributed by atoms with E-state index in [1.54, 1.807) is 19.2 Å². The molecule has 1 N–H and O–H groups in total. The number of halogens is 1. The third kappa shape index (κ3) is 2.51. The lowest BCUT2D eigenvalue weighted by atomic mass is 10.1. The molecule has 1 aliphatic rings. The van der Waals surface area contributed by atoms with Gasteiger partial charge >= 0.3 is 6.09 Å². The van der Waals surface area contributed by atoms with E-state index in [4.69, 9.17) is 9.94 Å². The SMILES string of the molecule is CN(I)C(=O)Oc1ccc2c(c1)/C(=N\O)CC2. The molecule has 1 amide bonds. The molecular formula is C11H11IN2O3. The van der Waals surface area contributed by atoms with Crippen LogP contribution >= 0.6 is 22.9 Å². The predicted octanol–water partition coefficient (Wildman–Crippen LogP) is 2.59. The Morgan fingerprint density at radius 2 is 2.29 bits per heavy atom. The van der Waals surface area contributed by atoms with Crippen molar-refractivity contribution in [3.05, 3.63) is 29.3 Å². The molecule has 0 spiro atoms. The number of hydrogen-bond acceptors (Lipinski definition) is 4. The maximum atomic E-state index is 11.4. The highest BCUT2D eigenvalue weighted by molar-refractivity contribution is 14.1. The first-order valence-corrected chi connectivity index (χ1v) is 6.04. The summed E-state index contributed by atoms with van der Waals surface area (Å²) in [7, 11) is 1.61. The summed E-state index contributed by atoms with van der Waals surface area (Å²) in [6.07, 6.45) is 1.14. The number of nitrogens with zero attached hydrogens (tertiary/aromatic N) is 2. The van der Waals surface area contributed by atoms with Gasteiger partial charge in [0.05, 0.1) is 28.6 Å². The Kier molecular flexibility index (Phi) is 3.51. The molecule has 1 aliphatic carbocycles. The minimum Gasteiger partial charge on any atom is -0.411 e. The van der Waals surface area contributed by atoms with E-state index in [2.05, 4.69) is 5.16 Å². The average molecular weight is 346 g/mol. The summed E-state index contributed by atoms with van der Waals surface area (Å²) >= 11 is 1.84. The summed E-state index contributed by atoms with van der Waals surface area (Å²) < 4.78 is 6.46. The number of hydrogen-bond donors (Lipinski definition) is 1. The normalized spacial score (nSPS) is 15.8. The topological polar surface area (TPSA) is 62.1 Å². The molecule has 0 bridgehead atoms. The predicted molar refractivity (Wildman–Crippen MR) is 70.9 cm³/mol. The van der Waals surface area contributed by atoms with Crippen molar-refractivity contribution < 1.29 is 14.7 Å². The van der Waals surface area contributed by atoms with Gasteiger partial charge in [-0.05, 0) is 30.5 Å². The van der Waals surface area contributed by atoms with Crippen LogP contribution in [0.15, 0.2) is 23.4 Å². The zero-order valence-corrected chi connectivity index (χ0v) is 11.3. The molecule has 0 aromatic heterocycles. The van der Waals surface area contributed by atoms with Gasteiger partial charge in [0.2, 0.25) is 0 Å². The molecular weight excluding hydrogens is 335 g/mol. The lowest BCUT2D eigenvalue weighted by Crippen LogP contribution is -2.20. The number of oxime groups is 1. The Labute approximate surface area is 113 Å². The van der Waals surface area contributed by atoms with Crippen LogP contribution in [0.4, 0.5) is 4.79 Å². The largest absolute Gasteiger partial charge is 0.423 e. The first kappa shape index (κ1) is 12.2. The second kappa shape index (κ2) is 4.91. The van der Waals surface area contributed by atoms with Crippen LogP contribution in [0, 0.1) is 0 Å². The van der Waals surface area contributed by atoms with Gasteiger partial charge in [-0.1, -0.05) is 11.2 Å². The highest BCUT2D eigenvalue weighted by atomic mass is 127. The van der Waals surface area contributed by atoms with Gasteiger partial charge in [0.25, 0.3) is 0 Å². The summed E-state index contributed by atoms with van der Waals surface area (Å²) in [5, 5.41) is 12.1. The molecule has 2 rings (SSSR count). The van der Waals surface area contributed by atoms with E-state index in [-0.39, 0.29) is 0 Å². The molecule has 6 heteroatoms.